The van der Waals surface area contributed by atoms with Crippen molar-refractivity contribution in [3.8, 4) is 0 Å². The number of carbonyl (C=O) groups excluding carboxylic acids is 1. The molecule has 3 heteroatoms. The zero-order chi connectivity index (χ0) is 13.8. The second kappa shape index (κ2) is 4.00. The van der Waals surface area contributed by atoms with Gasteiger partial charge in [0.05, 0.1) is 0 Å². The van der Waals surface area contributed by atoms with Crippen molar-refractivity contribution in [3.63, 3.8) is 0 Å². The highest BCUT2D eigenvalue weighted by Crippen LogP contribution is 2.55. The Labute approximate surface area is 119 Å². The lowest BCUT2D eigenvalue weighted by atomic mass is 9.66. The first-order valence-corrected chi connectivity index (χ1v) is 7.76. The van der Waals surface area contributed by atoms with Crippen molar-refractivity contribution in [2.24, 2.45) is 0 Å². The first kappa shape index (κ1) is 12.2. The number of amides is 1. The topological polar surface area (TPSA) is 29.5 Å². The van der Waals surface area contributed by atoms with Crippen LogP contribution in [0.15, 0.2) is 24.3 Å². The van der Waals surface area contributed by atoms with E-state index in [4.69, 9.17) is 4.74 Å². The molecule has 1 saturated carbocycles. The summed E-state index contributed by atoms with van der Waals surface area (Å²) in [5.74, 6) is 0. The maximum Gasteiger partial charge on any atom is 0.411 e. The van der Waals surface area contributed by atoms with Gasteiger partial charge >= 0.3 is 6.09 Å². The maximum absolute atomic E-state index is 12.4. The molecule has 1 saturated heterocycles. The Hall–Kier alpha value is -1.51. The maximum atomic E-state index is 12.4. The van der Waals surface area contributed by atoms with Crippen LogP contribution in [0.25, 0.3) is 0 Å². The van der Waals surface area contributed by atoms with E-state index in [0.29, 0.717) is 0 Å². The van der Waals surface area contributed by atoms with Gasteiger partial charge in [-0.15, -0.1) is 0 Å². The molecule has 106 valence electrons. The normalized spacial score (nSPS) is 30.9. The summed E-state index contributed by atoms with van der Waals surface area (Å²) in [6.07, 6.45) is 6.43. The second-order valence-corrected chi connectivity index (χ2v) is 6.55. The monoisotopic (exact) mass is 271 g/mol. The van der Waals surface area contributed by atoms with Crippen molar-refractivity contribution < 1.29 is 9.53 Å². The van der Waals surface area contributed by atoms with Crippen molar-refractivity contribution >= 4 is 6.09 Å². The fourth-order valence-corrected chi connectivity index (χ4v) is 4.61. The summed E-state index contributed by atoms with van der Waals surface area (Å²) in [6.45, 7) is 3.01. The summed E-state index contributed by atoms with van der Waals surface area (Å²) in [7, 11) is 0. The van der Waals surface area contributed by atoms with Gasteiger partial charge < -0.3 is 4.74 Å². The molecule has 0 radical (unpaired) electrons. The van der Waals surface area contributed by atoms with Gasteiger partial charge in [0, 0.05) is 6.54 Å². The summed E-state index contributed by atoms with van der Waals surface area (Å²) in [4.78, 5) is 14.4. The standard InChI is InChI=1S/C17H21NO2/c1-16-14-8-4-3-7-13(14)9-12-18(16)15(19)20-17(16)10-5-2-6-11-17/h3-4,7-8H,2,5-6,9-12H2,1H3/t16-/m0/s1. The Morgan fingerprint density at radius 2 is 1.90 bits per heavy atom. The second-order valence-electron chi connectivity index (χ2n) is 6.55. The van der Waals surface area contributed by atoms with Crippen LogP contribution in [0, 0.1) is 0 Å². The Balaban J connectivity index is 1.91. The Kier molecular flexibility index (Phi) is 2.45. The third kappa shape index (κ3) is 1.33. The smallest absolute Gasteiger partial charge is 0.411 e. The van der Waals surface area contributed by atoms with E-state index in [-0.39, 0.29) is 17.2 Å². The molecular weight excluding hydrogens is 250 g/mol. The van der Waals surface area contributed by atoms with Gasteiger partial charge in [-0.25, -0.2) is 4.79 Å². The highest BCUT2D eigenvalue weighted by Gasteiger charge is 2.64. The summed E-state index contributed by atoms with van der Waals surface area (Å²) in [5.41, 5.74) is 2.10. The average molecular weight is 271 g/mol. The van der Waals surface area contributed by atoms with Crippen LogP contribution in [0.1, 0.15) is 50.2 Å². The van der Waals surface area contributed by atoms with E-state index in [1.807, 2.05) is 4.90 Å². The molecule has 1 spiro atoms. The number of ether oxygens (including phenoxy) is 1. The van der Waals surface area contributed by atoms with Crippen molar-refractivity contribution in [2.45, 2.75) is 56.6 Å². The molecule has 1 atom stereocenters. The number of rotatable bonds is 0. The molecule has 1 aromatic carbocycles. The zero-order valence-corrected chi connectivity index (χ0v) is 12.0. The molecule has 1 aliphatic carbocycles. The van der Waals surface area contributed by atoms with E-state index in [0.717, 1.165) is 25.8 Å². The van der Waals surface area contributed by atoms with E-state index in [9.17, 15) is 4.79 Å². The lowest BCUT2D eigenvalue weighted by Crippen LogP contribution is -2.57. The molecule has 0 unspecified atom stereocenters. The molecule has 1 aromatic rings. The lowest BCUT2D eigenvalue weighted by Gasteiger charge is -2.49. The minimum Gasteiger partial charge on any atom is -0.440 e. The summed E-state index contributed by atoms with van der Waals surface area (Å²) < 4.78 is 5.98. The zero-order valence-electron chi connectivity index (χ0n) is 12.0. The Morgan fingerprint density at radius 3 is 2.70 bits per heavy atom. The molecule has 2 fully saturated rings. The fourth-order valence-electron chi connectivity index (χ4n) is 4.61. The van der Waals surface area contributed by atoms with Crippen LogP contribution in [0.5, 0.6) is 0 Å². The van der Waals surface area contributed by atoms with E-state index in [2.05, 4.69) is 31.2 Å². The quantitative estimate of drug-likeness (QED) is 0.721. The molecular formula is C17H21NO2. The number of carbonyl (C=O) groups is 1. The number of nitrogens with zero attached hydrogens (tertiary/aromatic N) is 1. The van der Waals surface area contributed by atoms with Crippen LogP contribution < -0.4 is 0 Å². The van der Waals surface area contributed by atoms with Crippen LogP contribution in [0.3, 0.4) is 0 Å². The lowest BCUT2D eigenvalue weighted by molar-refractivity contribution is -0.0436. The summed E-state index contributed by atoms with van der Waals surface area (Å²) in [6, 6.07) is 8.59. The van der Waals surface area contributed by atoms with Crippen molar-refractivity contribution in [3.05, 3.63) is 35.4 Å². The average Bonchev–Trinajstić information content (AvgIpc) is 2.68. The third-order valence-electron chi connectivity index (χ3n) is 5.74. The molecule has 1 amide bonds. The molecule has 2 heterocycles. The van der Waals surface area contributed by atoms with Gasteiger partial charge in [0.15, 0.2) is 0 Å². The van der Waals surface area contributed by atoms with Gasteiger partial charge in [0.1, 0.15) is 11.1 Å². The van der Waals surface area contributed by atoms with Crippen molar-refractivity contribution in [2.75, 3.05) is 6.54 Å². The summed E-state index contributed by atoms with van der Waals surface area (Å²) >= 11 is 0. The van der Waals surface area contributed by atoms with E-state index in [1.54, 1.807) is 0 Å². The van der Waals surface area contributed by atoms with Crippen LogP contribution >= 0.6 is 0 Å². The predicted octanol–water partition coefficient (Wildman–Crippen LogP) is 3.61. The first-order valence-electron chi connectivity index (χ1n) is 7.76. The third-order valence-corrected chi connectivity index (χ3v) is 5.74. The van der Waals surface area contributed by atoms with Crippen molar-refractivity contribution in [1.82, 2.24) is 4.90 Å². The molecule has 0 N–H and O–H groups in total. The van der Waals surface area contributed by atoms with E-state index >= 15 is 0 Å². The Bertz CT molecular complexity index is 562. The van der Waals surface area contributed by atoms with Gasteiger partial charge in [0.2, 0.25) is 0 Å². The van der Waals surface area contributed by atoms with Gasteiger partial charge in [-0.05, 0) is 50.2 Å². The van der Waals surface area contributed by atoms with Gasteiger partial charge in [0.25, 0.3) is 0 Å². The van der Waals surface area contributed by atoms with Crippen LogP contribution in [0.2, 0.25) is 0 Å². The van der Waals surface area contributed by atoms with Crippen LogP contribution in [-0.4, -0.2) is 23.1 Å². The van der Waals surface area contributed by atoms with Gasteiger partial charge in [-0.3, -0.25) is 4.90 Å². The molecule has 20 heavy (non-hydrogen) atoms. The predicted molar refractivity (Wildman–Crippen MR) is 76.5 cm³/mol. The molecule has 3 aliphatic rings. The van der Waals surface area contributed by atoms with Gasteiger partial charge in [-0.1, -0.05) is 30.7 Å². The Morgan fingerprint density at radius 1 is 1.15 bits per heavy atom. The highest BCUT2D eigenvalue weighted by molar-refractivity contribution is 5.74. The highest BCUT2D eigenvalue weighted by atomic mass is 16.6. The SMILES string of the molecule is C[C@@]12c3ccccc3CCN1C(=O)OC21CCCCC1. The number of hydrogen-bond acceptors (Lipinski definition) is 2. The molecule has 3 nitrogen and oxygen atoms in total. The minimum absolute atomic E-state index is 0.107. The van der Waals surface area contributed by atoms with Crippen molar-refractivity contribution in [1.29, 1.82) is 0 Å². The van der Waals surface area contributed by atoms with E-state index < -0.39 is 0 Å². The van der Waals surface area contributed by atoms with Crippen LogP contribution in [-0.2, 0) is 16.7 Å². The van der Waals surface area contributed by atoms with E-state index in [1.165, 1.54) is 30.4 Å². The fraction of sp³-hybridized carbons (Fsp3) is 0.588. The largest absolute Gasteiger partial charge is 0.440 e. The number of fused-ring (bicyclic) bond motifs is 4. The molecule has 0 bridgehead atoms. The molecule has 0 aromatic heterocycles. The first-order chi connectivity index (χ1) is 9.67. The molecule has 2 aliphatic heterocycles. The number of benzene rings is 1. The molecule has 4 rings (SSSR count). The van der Waals surface area contributed by atoms with Gasteiger partial charge in [-0.2, -0.15) is 0 Å². The van der Waals surface area contributed by atoms with Crippen LogP contribution in [0.4, 0.5) is 4.79 Å². The number of hydrogen-bond donors (Lipinski definition) is 0. The summed E-state index contributed by atoms with van der Waals surface area (Å²) in [5, 5.41) is 0. The minimum atomic E-state index is -0.307.